The van der Waals surface area contributed by atoms with Gasteiger partial charge in [-0.25, -0.2) is 9.78 Å². The van der Waals surface area contributed by atoms with E-state index in [1.165, 1.54) is 24.1 Å². The lowest BCUT2D eigenvalue weighted by atomic mass is 9.88. The van der Waals surface area contributed by atoms with Crippen LogP contribution in [0.2, 0.25) is 0 Å². The van der Waals surface area contributed by atoms with Crippen LogP contribution in [0, 0.1) is 13.8 Å². The molecule has 2 unspecified atom stereocenters. The molecule has 2 aromatic rings. The van der Waals surface area contributed by atoms with Gasteiger partial charge in [0, 0.05) is 51.9 Å². The van der Waals surface area contributed by atoms with Crippen LogP contribution in [0.25, 0.3) is 6.08 Å². The molecule has 1 aliphatic carbocycles. The van der Waals surface area contributed by atoms with Crippen LogP contribution in [0.4, 0.5) is 0 Å². The number of hydrogen-bond acceptors (Lipinski definition) is 5. The highest BCUT2D eigenvalue weighted by Gasteiger charge is 2.22. The first-order valence-corrected chi connectivity index (χ1v) is 10.6. The van der Waals surface area contributed by atoms with E-state index in [-0.39, 0.29) is 24.1 Å². The number of carbonyl (C=O) groups excluding carboxylic acids is 2. The Bertz CT molecular complexity index is 1000. The van der Waals surface area contributed by atoms with Crippen molar-refractivity contribution in [3.8, 4) is 0 Å². The molecule has 6 heteroatoms. The third kappa shape index (κ3) is 6.41. The Morgan fingerprint density at radius 1 is 1.03 bits per heavy atom. The van der Waals surface area contributed by atoms with Gasteiger partial charge in [0.15, 0.2) is 0 Å². The van der Waals surface area contributed by atoms with Gasteiger partial charge < -0.3 is 14.0 Å². The van der Waals surface area contributed by atoms with E-state index < -0.39 is 0 Å². The minimum Gasteiger partial charge on any atom is -0.462 e. The highest BCUT2D eigenvalue weighted by Crippen LogP contribution is 2.26. The molecule has 1 aromatic carbocycles. The molecule has 6 nitrogen and oxygen atoms in total. The highest BCUT2D eigenvalue weighted by molar-refractivity contribution is 5.86. The maximum Gasteiger partial charge on any atom is 0.331 e. The molecule has 3 rings (SSSR count). The number of imidazole rings is 1. The zero-order valence-corrected chi connectivity index (χ0v) is 18.6. The fourth-order valence-electron chi connectivity index (χ4n) is 3.90. The molecule has 0 saturated heterocycles. The number of aryl methyl sites for hydroxylation is 3. The maximum atomic E-state index is 12.5. The molecule has 2 atom stereocenters. The van der Waals surface area contributed by atoms with Gasteiger partial charge in [-0.05, 0) is 42.2 Å². The number of benzene rings is 1. The number of fused-ring (bicyclic) bond motifs is 1. The van der Waals surface area contributed by atoms with Crippen molar-refractivity contribution in [2.75, 3.05) is 0 Å². The Balaban J connectivity index is 1.81. The van der Waals surface area contributed by atoms with Gasteiger partial charge in [-0.3, -0.25) is 4.79 Å². The number of carbonyl (C=O) groups is 2. The normalized spacial score (nSPS) is 19.1. The second kappa shape index (κ2) is 10.2. The Kier molecular flexibility index (Phi) is 7.45. The number of esters is 2. The van der Waals surface area contributed by atoms with Crippen molar-refractivity contribution >= 4 is 18.0 Å². The molecule has 1 aliphatic rings. The van der Waals surface area contributed by atoms with Crippen LogP contribution in [0.3, 0.4) is 0 Å². The van der Waals surface area contributed by atoms with Crippen LogP contribution in [-0.2, 0) is 39.0 Å². The summed E-state index contributed by atoms with van der Waals surface area (Å²) in [6, 6.07) is 4.19. The molecular weight excluding hydrogens is 392 g/mol. The van der Waals surface area contributed by atoms with Crippen LogP contribution in [0.5, 0.6) is 0 Å². The van der Waals surface area contributed by atoms with Crippen LogP contribution in [0.1, 0.15) is 47.7 Å². The van der Waals surface area contributed by atoms with E-state index in [4.69, 9.17) is 9.47 Å². The van der Waals surface area contributed by atoms with Gasteiger partial charge in [-0.2, -0.15) is 0 Å². The van der Waals surface area contributed by atoms with Crippen LogP contribution < -0.4 is 0 Å². The van der Waals surface area contributed by atoms with E-state index in [0.717, 1.165) is 11.1 Å². The van der Waals surface area contributed by atoms with Gasteiger partial charge in [0.2, 0.25) is 0 Å². The molecule has 0 spiro atoms. The van der Waals surface area contributed by atoms with Crippen molar-refractivity contribution < 1.29 is 19.1 Å². The standard InChI is InChI=1S/C25H30N2O4/c1-17-9-10-18(2)24-14-22(31-25(29)12-11-20-15-27(4)16-26-20)8-6-5-7-21(13-23(17)24)30-19(3)28/h5-6,9-12,15-16,21-22H,7-8,13-14H2,1-4H3. The second-order valence-corrected chi connectivity index (χ2v) is 8.10. The van der Waals surface area contributed by atoms with Crippen LogP contribution >= 0.6 is 0 Å². The summed E-state index contributed by atoms with van der Waals surface area (Å²) >= 11 is 0. The van der Waals surface area contributed by atoms with Gasteiger partial charge >= 0.3 is 11.9 Å². The lowest BCUT2D eigenvalue weighted by Gasteiger charge is -2.25. The van der Waals surface area contributed by atoms with E-state index in [9.17, 15) is 9.59 Å². The summed E-state index contributed by atoms with van der Waals surface area (Å²) in [5, 5.41) is 0. The lowest BCUT2D eigenvalue weighted by Crippen LogP contribution is -2.24. The van der Waals surface area contributed by atoms with Crippen molar-refractivity contribution in [3.63, 3.8) is 0 Å². The van der Waals surface area contributed by atoms with E-state index in [1.807, 2.05) is 30.0 Å². The summed E-state index contributed by atoms with van der Waals surface area (Å²) in [4.78, 5) is 28.2. The predicted molar refractivity (Wildman–Crippen MR) is 119 cm³/mol. The quantitative estimate of drug-likeness (QED) is 0.423. The van der Waals surface area contributed by atoms with Crippen molar-refractivity contribution in [1.29, 1.82) is 0 Å². The SMILES string of the molecule is CC(=O)OC1CC=CCC(OC(=O)C=Cc2cn(C)cn2)Cc2c(C)ccc(C)c2C1. The summed E-state index contributed by atoms with van der Waals surface area (Å²) in [5.74, 6) is -0.653. The van der Waals surface area contributed by atoms with E-state index in [0.29, 0.717) is 31.4 Å². The van der Waals surface area contributed by atoms with Gasteiger partial charge in [0.1, 0.15) is 12.2 Å². The number of nitrogens with zero attached hydrogens (tertiary/aromatic N) is 2. The smallest absolute Gasteiger partial charge is 0.331 e. The first-order valence-electron chi connectivity index (χ1n) is 10.6. The van der Waals surface area contributed by atoms with Crippen molar-refractivity contribution in [3.05, 3.63) is 70.8 Å². The van der Waals surface area contributed by atoms with Gasteiger partial charge in [-0.15, -0.1) is 0 Å². The molecule has 0 radical (unpaired) electrons. The Hall–Kier alpha value is -3.15. The zero-order valence-electron chi connectivity index (χ0n) is 18.6. The average Bonchev–Trinajstić information content (AvgIpc) is 3.13. The van der Waals surface area contributed by atoms with Crippen molar-refractivity contribution in [2.45, 2.75) is 58.7 Å². The van der Waals surface area contributed by atoms with E-state index in [1.54, 1.807) is 12.4 Å². The fraction of sp³-hybridized carbons (Fsp3) is 0.400. The summed E-state index contributed by atoms with van der Waals surface area (Å²) in [6.07, 6.45) is 12.6. The Labute approximate surface area is 183 Å². The summed E-state index contributed by atoms with van der Waals surface area (Å²) in [5.41, 5.74) is 5.35. The van der Waals surface area contributed by atoms with E-state index >= 15 is 0 Å². The number of aromatic nitrogens is 2. The van der Waals surface area contributed by atoms with Crippen LogP contribution in [-0.4, -0.2) is 33.7 Å². The van der Waals surface area contributed by atoms with Gasteiger partial charge in [0.05, 0.1) is 12.0 Å². The first-order chi connectivity index (χ1) is 14.8. The molecule has 0 aliphatic heterocycles. The molecular formula is C25H30N2O4. The fourth-order valence-corrected chi connectivity index (χ4v) is 3.90. The maximum absolute atomic E-state index is 12.5. The van der Waals surface area contributed by atoms with Crippen molar-refractivity contribution in [1.82, 2.24) is 9.55 Å². The minimum absolute atomic E-state index is 0.201. The second-order valence-electron chi connectivity index (χ2n) is 8.10. The number of hydrogen-bond donors (Lipinski definition) is 0. The number of ether oxygens (including phenoxy) is 2. The Morgan fingerprint density at radius 2 is 1.61 bits per heavy atom. The third-order valence-corrected chi connectivity index (χ3v) is 5.46. The average molecular weight is 423 g/mol. The number of rotatable bonds is 4. The summed E-state index contributed by atoms with van der Waals surface area (Å²) in [6.45, 7) is 5.59. The first kappa shape index (κ1) is 22.5. The summed E-state index contributed by atoms with van der Waals surface area (Å²) in [7, 11) is 1.88. The van der Waals surface area contributed by atoms with Gasteiger partial charge in [0.25, 0.3) is 0 Å². The molecule has 0 saturated carbocycles. The lowest BCUT2D eigenvalue weighted by molar-refractivity contribution is -0.146. The topological polar surface area (TPSA) is 70.4 Å². The molecule has 0 fully saturated rings. The molecule has 31 heavy (non-hydrogen) atoms. The molecule has 1 aromatic heterocycles. The Morgan fingerprint density at radius 3 is 2.13 bits per heavy atom. The molecule has 0 bridgehead atoms. The van der Waals surface area contributed by atoms with Crippen molar-refractivity contribution in [2.24, 2.45) is 7.05 Å². The van der Waals surface area contributed by atoms with E-state index in [2.05, 4.69) is 31.0 Å². The molecule has 1 heterocycles. The largest absolute Gasteiger partial charge is 0.462 e. The van der Waals surface area contributed by atoms with Gasteiger partial charge in [-0.1, -0.05) is 24.3 Å². The molecule has 0 N–H and O–H groups in total. The minimum atomic E-state index is -0.384. The van der Waals surface area contributed by atoms with Crippen LogP contribution in [0.15, 0.2) is 42.9 Å². The zero-order chi connectivity index (χ0) is 22.4. The third-order valence-electron chi connectivity index (χ3n) is 5.46. The molecule has 0 amide bonds. The molecule has 164 valence electrons. The monoisotopic (exact) mass is 422 g/mol. The predicted octanol–water partition coefficient (Wildman–Crippen LogP) is 4.03. The summed E-state index contributed by atoms with van der Waals surface area (Å²) < 4.78 is 13.2. The highest BCUT2D eigenvalue weighted by atomic mass is 16.5.